The Balaban J connectivity index is 1.69. The first-order valence-corrected chi connectivity index (χ1v) is 8.13. The standard InChI is InChI=1S/C19H23NO/c1-20-17-11-5-8-14(17)12-18(20)19(21)16-10-4-7-13-6-2-3-9-15(13)16/h2-4,6-7,9-10,14,17-19,21H,5,8,11-12H2,1H3/t14-,17-,18+,19-/m1/s1. The van der Waals surface area contributed by atoms with E-state index in [-0.39, 0.29) is 12.1 Å². The van der Waals surface area contributed by atoms with Crippen molar-refractivity contribution in [3.63, 3.8) is 0 Å². The first-order chi connectivity index (χ1) is 10.3. The van der Waals surface area contributed by atoms with Gasteiger partial charge in [0.2, 0.25) is 0 Å². The summed E-state index contributed by atoms with van der Waals surface area (Å²) in [5.41, 5.74) is 1.09. The van der Waals surface area contributed by atoms with Crippen LogP contribution in [0.15, 0.2) is 42.5 Å². The Bertz CT molecular complexity index is 648. The molecule has 4 rings (SSSR count). The van der Waals surface area contributed by atoms with Gasteiger partial charge in [0.05, 0.1) is 6.10 Å². The number of likely N-dealkylation sites (tertiary alicyclic amines) is 1. The van der Waals surface area contributed by atoms with Crippen LogP contribution in [-0.2, 0) is 0 Å². The lowest BCUT2D eigenvalue weighted by Crippen LogP contribution is -2.36. The van der Waals surface area contributed by atoms with Crippen LogP contribution in [0.3, 0.4) is 0 Å². The van der Waals surface area contributed by atoms with E-state index in [1.54, 1.807) is 0 Å². The zero-order valence-electron chi connectivity index (χ0n) is 12.6. The van der Waals surface area contributed by atoms with Gasteiger partial charge >= 0.3 is 0 Å². The number of benzene rings is 2. The molecule has 1 heterocycles. The SMILES string of the molecule is CN1[C@@H]2CCC[C@@H]2C[C@H]1[C@H](O)c1cccc2ccccc12. The first-order valence-electron chi connectivity index (χ1n) is 8.13. The molecule has 2 aliphatic rings. The van der Waals surface area contributed by atoms with Crippen molar-refractivity contribution in [1.29, 1.82) is 0 Å². The third kappa shape index (κ3) is 2.09. The van der Waals surface area contributed by atoms with Gasteiger partial charge in [-0.3, -0.25) is 4.90 Å². The zero-order chi connectivity index (χ0) is 14.4. The van der Waals surface area contributed by atoms with Gasteiger partial charge in [0.15, 0.2) is 0 Å². The molecule has 0 amide bonds. The number of hydrogen-bond donors (Lipinski definition) is 1. The highest BCUT2D eigenvalue weighted by Gasteiger charge is 2.44. The topological polar surface area (TPSA) is 23.5 Å². The summed E-state index contributed by atoms with van der Waals surface area (Å²) in [6.45, 7) is 0. The van der Waals surface area contributed by atoms with Crippen molar-refractivity contribution in [2.45, 2.75) is 43.9 Å². The number of aliphatic hydroxyl groups excluding tert-OH is 1. The summed E-state index contributed by atoms with van der Waals surface area (Å²) in [5.74, 6) is 0.796. The minimum absolute atomic E-state index is 0.270. The minimum atomic E-state index is -0.383. The first kappa shape index (κ1) is 13.3. The smallest absolute Gasteiger partial charge is 0.0951 e. The van der Waals surface area contributed by atoms with Gasteiger partial charge < -0.3 is 5.11 Å². The maximum atomic E-state index is 11.0. The average Bonchev–Trinajstić information content (AvgIpc) is 3.09. The van der Waals surface area contributed by atoms with Gasteiger partial charge in [-0.1, -0.05) is 48.9 Å². The van der Waals surface area contributed by atoms with E-state index >= 15 is 0 Å². The van der Waals surface area contributed by atoms with Crippen LogP contribution in [0, 0.1) is 5.92 Å². The largest absolute Gasteiger partial charge is 0.387 e. The van der Waals surface area contributed by atoms with Gasteiger partial charge in [0, 0.05) is 12.1 Å². The number of likely N-dealkylation sites (N-methyl/N-ethyl adjacent to an activating group) is 1. The van der Waals surface area contributed by atoms with Crippen molar-refractivity contribution in [1.82, 2.24) is 4.90 Å². The third-order valence-corrected chi connectivity index (χ3v) is 5.72. The lowest BCUT2D eigenvalue weighted by atomic mass is 9.93. The Morgan fingerprint density at radius 2 is 1.90 bits per heavy atom. The molecule has 1 aliphatic heterocycles. The van der Waals surface area contributed by atoms with Crippen molar-refractivity contribution in [2.24, 2.45) is 5.92 Å². The van der Waals surface area contributed by atoms with Crippen LogP contribution in [0.2, 0.25) is 0 Å². The van der Waals surface area contributed by atoms with E-state index in [1.807, 2.05) is 0 Å². The molecule has 0 bridgehead atoms. The fourth-order valence-corrected chi connectivity index (χ4v) is 4.62. The number of rotatable bonds is 2. The van der Waals surface area contributed by atoms with Crippen LogP contribution < -0.4 is 0 Å². The monoisotopic (exact) mass is 281 g/mol. The number of aliphatic hydroxyl groups is 1. The molecule has 2 heteroatoms. The summed E-state index contributed by atoms with van der Waals surface area (Å²) in [7, 11) is 2.20. The second-order valence-electron chi connectivity index (χ2n) is 6.74. The summed E-state index contributed by atoms with van der Waals surface area (Å²) in [4.78, 5) is 2.45. The molecular weight excluding hydrogens is 258 g/mol. The fourth-order valence-electron chi connectivity index (χ4n) is 4.62. The third-order valence-electron chi connectivity index (χ3n) is 5.72. The Labute approximate surface area is 126 Å². The number of fused-ring (bicyclic) bond motifs is 2. The lowest BCUT2D eigenvalue weighted by Gasteiger charge is -2.29. The maximum Gasteiger partial charge on any atom is 0.0951 e. The highest BCUT2D eigenvalue weighted by Crippen LogP contribution is 2.44. The number of nitrogens with zero attached hydrogens (tertiary/aromatic N) is 1. The lowest BCUT2D eigenvalue weighted by molar-refractivity contribution is 0.0719. The molecule has 2 fully saturated rings. The molecule has 4 atom stereocenters. The molecule has 2 nitrogen and oxygen atoms in total. The van der Waals surface area contributed by atoms with Crippen molar-refractivity contribution in [3.8, 4) is 0 Å². The van der Waals surface area contributed by atoms with Gasteiger partial charge in [0.1, 0.15) is 0 Å². The average molecular weight is 281 g/mol. The van der Waals surface area contributed by atoms with Gasteiger partial charge in [-0.05, 0) is 48.6 Å². The molecule has 2 aromatic carbocycles. The quantitative estimate of drug-likeness (QED) is 0.906. The van der Waals surface area contributed by atoms with E-state index in [2.05, 4.69) is 54.4 Å². The Hall–Kier alpha value is -1.38. The van der Waals surface area contributed by atoms with Crippen molar-refractivity contribution >= 4 is 10.8 Å². The summed E-state index contributed by atoms with van der Waals surface area (Å²) in [6, 6.07) is 15.6. The fraction of sp³-hybridized carbons (Fsp3) is 0.474. The highest BCUT2D eigenvalue weighted by atomic mass is 16.3. The van der Waals surface area contributed by atoms with E-state index < -0.39 is 0 Å². The van der Waals surface area contributed by atoms with E-state index in [0.717, 1.165) is 17.9 Å². The van der Waals surface area contributed by atoms with Crippen molar-refractivity contribution in [2.75, 3.05) is 7.05 Å². The molecule has 1 saturated carbocycles. The number of hydrogen-bond acceptors (Lipinski definition) is 2. The summed E-state index contributed by atoms with van der Waals surface area (Å²) >= 11 is 0. The molecule has 0 spiro atoms. The molecular formula is C19H23NO. The summed E-state index contributed by atoms with van der Waals surface area (Å²) in [6.07, 6.45) is 4.77. The van der Waals surface area contributed by atoms with Crippen LogP contribution in [-0.4, -0.2) is 29.1 Å². The van der Waals surface area contributed by atoms with Crippen LogP contribution >= 0.6 is 0 Å². The normalized spacial score (nSPS) is 30.7. The molecule has 1 N–H and O–H groups in total. The van der Waals surface area contributed by atoms with E-state index in [0.29, 0.717) is 6.04 Å². The van der Waals surface area contributed by atoms with E-state index in [4.69, 9.17) is 0 Å². The van der Waals surface area contributed by atoms with Crippen LogP contribution in [0.1, 0.15) is 37.4 Å². The molecule has 21 heavy (non-hydrogen) atoms. The van der Waals surface area contributed by atoms with Crippen LogP contribution in [0.5, 0.6) is 0 Å². The second-order valence-corrected chi connectivity index (χ2v) is 6.74. The molecule has 0 aromatic heterocycles. The molecule has 110 valence electrons. The van der Waals surface area contributed by atoms with Crippen molar-refractivity contribution in [3.05, 3.63) is 48.0 Å². The van der Waals surface area contributed by atoms with Crippen molar-refractivity contribution < 1.29 is 5.11 Å². The van der Waals surface area contributed by atoms with Gasteiger partial charge in [-0.2, -0.15) is 0 Å². The van der Waals surface area contributed by atoms with E-state index in [1.165, 1.54) is 30.0 Å². The molecule has 2 aromatic rings. The summed E-state index contributed by atoms with van der Waals surface area (Å²) < 4.78 is 0. The van der Waals surface area contributed by atoms with Gasteiger partial charge in [-0.15, -0.1) is 0 Å². The van der Waals surface area contributed by atoms with E-state index in [9.17, 15) is 5.11 Å². The zero-order valence-corrected chi connectivity index (χ0v) is 12.6. The Morgan fingerprint density at radius 1 is 1.10 bits per heavy atom. The van der Waals surface area contributed by atoms with Crippen LogP contribution in [0.4, 0.5) is 0 Å². The summed E-state index contributed by atoms with van der Waals surface area (Å²) in [5, 5.41) is 13.4. The van der Waals surface area contributed by atoms with Gasteiger partial charge in [0.25, 0.3) is 0 Å². The Morgan fingerprint density at radius 3 is 2.76 bits per heavy atom. The van der Waals surface area contributed by atoms with Gasteiger partial charge in [-0.25, -0.2) is 0 Å². The van der Waals surface area contributed by atoms with Crippen LogP contribution in [0.25, 0.3) is 10.8 Å². The molecule has 1 saturated heterocycles. The second kappa shape index (κ2) is 5.11. The predicted octanol–water partition coefficient (Wildman–Crippen LogP) is 3.75. The minimum Gasteiger partial charge on any atom is -0.387 e. The predicted molar refractivity (Wildman–Crippen MR) is 86.2 cm³/mol. The Kier molecular flexibility index (Phi) is 3.24. The molecule has 0 radical (unpaired) electrons. The maximum absolute atomic E-state index is 11.0. The molecule has 1 aliphatic carbocycles. The molecule has 0 unspecified atom stereocenters. The highest BCUT2D eigenvalue weighted by molar-refractivity contribution is 5.86.